The van der Waals surface area contributed by atoms with Gasteiger partial charge in [0, 0.05) is 22.5 Å². The van der Waals surface area contributed by atoms with Crippen LogP contribution in [0, 0.1) is 6.92 Å². The third kappa shape index (κ3) is 2.79. The molecule has 2 aromatic rings. The van der Waals surface area contributed by atoms with Gasteiger partial charge in [0.25, 0.3) is 0 Å². The van der Waals surface area contributed by atoms with Crippen LogP contribution in [0.1, 0.15) is 40.1 Å². The first kappa shape index (κ1) is 12.8. The minimum atomic E-state index is 0.220. The van der Waals surface area contributed by atoms with Crippen molar-refractivity contribution in [3.63, 3.8) is 0 Å². The lowest BCUT2D eigenvalue weighted by Crippen LogP contribution is -2.05. The Morgan fingerprint density at radius 1 is 1.28 bits per heavy atom. The summed E-state index contributed by atoms with van der Waals surface area (Å²) in [7, 11) is 0. The molecule has 2 nitrogen and oxygen atoms in total. The first-order valence-corrected chi connectivity index (χ1v) is 6.88. The van der Waals surface area contributed by atoms with Crippen molar-refractivity contribution in [2.75, 3.05) is 5.73 Å². The maximum Gasteiger partial charge on any atom is 0.164 e. The van der Waals surface area contributed by atoms with Crippen LogP contribution in [-0.2, 0) is 0 Å². The lowest BCUT2D eigenvalue weighted by Gasteiger charge is -2.11. The molecule has 0 aliphatic rings. The Hall–Kier alpha value is -1.61. The molecule has 1 atom stereocenters. The van der Waals surface area contributed by atoms with E-state index in [-0.39, 0.29) is 11.7 Å². The lowest BCUT2D eigenvalue weighted by atomic mass is 9.93. The predicted molar refractivity (Wildman–Crippen MR) is 77.3 cm³/mol. The Labute approximate surface area is 111 Å². The minimum absolute atomic E-state index is 0.220. The van der Waals surface area contributed by atoms with Gasteiger partial charge >= 0.3 is 0 Å². The highest BCUT2D eigenvalue weighted by Crippen LogP contribution is 2.24. The summed E-state index contributed by atoms with van der Waals surface area (Å²) in [6.07, 6.45) is 0.543. The highest BCUT2D eigenvalue weighted by Gasteiger charge is 2.15. The molecular weight excluding hydrogens is 242 g/mol. The number of nitrogens with two attached hydrogens (primary N) is 1. The van der Waals surface area contributed by atoms with Crippen LogP contribution in [0.25, 0.3) is 0 Å². The number of aryl methyl sites for hydroxylation is 1. The van der Waals surface area contributed by atoms with Crippen molar-refractivity contribution in [1.82, 2.24) is 0 Å². The van der Waals surface area contributed by atoms with Gasteiger partial charge in [-0.1, -0.05) is 19.1 Å². The Morgan fingerprint density at radius 3 is 2.50 bits per heavy atom. The molecule has 0 amide bonds. The molecule has 2 N–H and O–H groups in total. The summed E-state index contributed by atoms with van der Waals surface area (Å²) in [4.78, 5) is 13.3. The molecule has 0 fully saturated rings. The van der Waals surface area contributed by atoms with E-state index >= 15 is 0 Å². The first-order chi connectivity index (χ1) is 8.58. The Bertz CT molecular complexity index is 542. The summed E-state index contributed by atoms with van der Waals surface area (Å²) in [5, 5.41) is 1.97. The molecular formula is C15H17NOS. The molecule has 0 aliphatic carbocycles. The van der Waals surface area contributed by atoms with Gasteiger partial charge in [-0.25, -0.2) is 0 Å². The molecule has 0 spiro atoms. The lowest BCUT2D eigenvalue weighted by molar-refractivity contribution is 0.0975. The van der Waals surface area contributed by atoms with E-state index in [1.807, 2.05) is 42.6 Å². The van der Waals surface area contributed by atoms with E-state index in [0.29, 0.717) is 6.42 Å². The van der Waals surface area contributed by atoms with Crippen molar-refractivity contribution >= 4 is 22.8 Å². The average Bonchev–Trinajstić information content (AvgIpc) is 2.76. The number of nitrogen functional groups attached to an aromatic ring is 1. The predicted octanol–water partition coefficient (Wildman–Crippen LogP) is 4.02. The van der Waals surface area contributed by atoms with E-state index in [2.05, 4.69) is 6.92 Å². The maximum absolute atomic E-state index is 12.2. The number of hydrogen-bond donors (Lipinski definition) is 1. The number of anilines is 1. The maximum atomic E-state index is 12.2. The summed E-state index contributed by atoms with van der Waals surface area (Å²) < 4.78 is 0. The molecule has 2 rings (SSSR count). The van der Waals surface area contributed by atoms with E-state index in [4.69, 9.17) is 5.73 Å². The summed E-state index contributed by atoms with van der Waals surface area (Å²) in [6, 6.07) is 9.66. The Kier molecular flexibility index (Phi) is 3.82. The first-order valence-electron chi connectivity index (χ1n) is 6.00. The zero-order valence-corrected chi connectivity index (χ0v) is 11.5. The van der Waals surface area contributed by atoms with Crippen LogP contribution in [0.4, 0.5) is 5.69 Å². The van der Waals surface area contributed by atoms with Crippen molar-refractivity contribution in [3.8, 4) is 0 Å². The van der Waals surface area contributed by atoms with Crippen molar-refractivity contribution in [2.24, 2.45) is 0 Å². The SMILES string of the molecule is Cc1sccc1C(=O)CC(C)c1ccc(N)cc1. The molecule has 0 saturated carbocycles. The van der Waals surface area contributed by atoms with Gasteiger partial charge < -0.3 is 5.73 Å². The molecule has 0 bridgehead atoms. The molecule has 0 radical (unpaired) electrons. The monoisotopic (exact) mass is 259 g/mol. The normalized spacial score (nSPS) is 12.3. The second kappa shape index (κ2) is 5.36. The number of thiophene rings is 1. The van der Waals surface area contributed by atoms with Gasteiger partial charge in [-0.2, -0.15) is 0 Å². The van der Waals surface area contributed by atoms with Crippen LogP contribution in [0.5, 0.6) is 0 Å². The Morgan fingerprint density at radius 2 is 1.94 bits per heavy atom. The van der Waals surface area contributed by atoms with E-state index in [1.165, 1.54) is 0 Å². The van der Waals surface area contributed by atoms with Gasteiger partial charge in [-0.05, 0) is 42.0 Å². The van der Waals surface area contributed by atoms with Gasteiger partial charge in [0.1, 0.15) is 0 Å². The van der Waals surface area contributed by atoms with Gasteiger partial charge in [-0.3, -0.25) is 4.79 Å². The molecule has 18 heavy (non-hydrogen) atoms. The number of Topliss-reactive ketones (excluding diaryl/α,β-unsaturated/α-hetero) is 1. The number of hydrogen-bond acceptors (Lipinski definition) is 3. The number of carbonyl (C=O) groups is 1. The molecule has 0 saturated heterocycles. The fourth-order valence-corrected chi connectivity index (χ4v) is 2.72. The fourth-order valence-electron chi connectivity index (χ4n) is 2.00. The summed E-state index contributed by atoms with van der Waals surface area (Å²) >= 11 is 1.62. The largest absolute Gasteiger partial charge is 0.399 e. The van der Waals surface area contributed by atoms with Crippen molar-refractivity contribution in [1.29, 1.82) is 0 Å². The molecule has 1 aromatic carbocycles. The van der Waals surface area contributed by atoms with E-state index < -0.39 is 0 Å². The highest BCUT2D eigenvalue weighted by molar-refractivity contribution is 7.10. The van der Waals surface area contributed by atoms with Crippen LogP contribution in [0.2, 0.25) is 0 Å². The highest BCUT2D eigenvalue weighted by atomic mass is 32.1. The second-order valence-electron chi connectivity index (χ2n) is 4.59. The zero-order chi connectivity index (χ0) is 13.1. The van der Waals surface area contributed by atoms with Crippen molar-refractivity contribution in [2.45, 2.75) is 26.2 Å². The molecule has 3 heteroatoms. The average molecular weight is 259 g/mol. The van der Waals surface area contributed by atoms with Crippen molar-refractivity contribution < 1.29 is 4.79 Å². The van der Waals surface area contributed by atoms with E-state index in [0.717, 1.165) is 21.7 Å². The topological polar surface area (TPSA) is 43.1 Å². The second-order valence-corrected chi connectivity index (χ2v) is 5.71. The fraction of sp³-hybridized carbons (Fsp3) is 0.267. The summed E-state index contributed by atoms with van der Waals surface area (Å²) in [5.74, 6) is 0.440. The van der Waals surface area contributed by atoms with Crippen molar-refractivity contribution in [3.05, 3.63) is 51.7 Å². The molecule has 1 heterocycles. The van der Waals surface area contributed by atoms with Crippen LogP contribution in [0.3, 0.4) is 0 Å². The molecule has 0 aliphatic heterocycles. The standard InChI is InChI=1S/C15H17NOS/c1-10(12-3-5-13(16)6-4-12)9-15(17)14-7-8-18-11(14)2/h3-8,10H,9,16H2,1-2H3. The van der Waals surface area contributed by atoms with Crippen LogP contribution in [-0.4, -0.2) is 5.78 Å². The number of ketones is 1. The Balaban J connectivity index is 2.08. The van der Waals surface area contributed by atoms with Gasteiger partial charge in [0.2, 0.25) is 0 Å². The third-order valence-electron chi connectivity index (χ3n) is 3.16. The molecule has 1 unspecified atom stereocenters. The number of carbonyl (C=O) groups excluding carboxylic acids is 1. The minimum Gasteiger partial charge on any atom is -0.399 e. The van der Waals surface area contributed by atoms with Crippen LogP contribution in [0.15, 0.2) is 35.7 Å². The smallest absolute Gasteiger partial charge is 0.164 e. The third-order valence-corrected chi connectivity index (χ3v) is 4.00. The van der Waals surface area contributed by atoms with Gasteiger partial charge in [0.15, 0.2) is 5.78 Å². The zero-order valence-electron chi connectivity index (χ0n) is 10.6. The van der Waals surface area contributed by atoms with Gasteiger partial charge in [0.05, 0.1) is 0 Å². The van der Waals surface area contributed by atoms with E-state index in [9.17, 15) is 4.79 Å². The van der Waals surface area contributed by atoms with Crippen LogP contribution < -0.4 is 5.73 Å². The molecule has 1 aromatic heterocycles. The van der Waals surface area contributed by atoms with Crippen LogP contribution >= 0.6 is 11.3 Å². The van der Waals surface area contributed by atoms with Gasteiger partial charge in [-0.15, -0.1) is 11.3 Å². The number of rotatable bonds is 4. The summed E-state index contributed by atoms with van der Waals surface area (Å²) in [5.41, 5.74) is 8.44. The number of benzene rings is 1. The summed E-state index contributed by atoms with van der Waals surface area (Å²) in [6.45, 7) is 4.07. The quantitative estimate of drug-likeness (QED) is 0.665. The van der Waals surface area contributed by atoms with E-state index in [1.54, 1.807) is 11.3 Å². The molecule has 94 valence electrons.